The minimum Gasteiger partial charge on any atom is -0.398 e. The van der Waals surface area contributed by atoms with Crippen LogP contribution in [0.4, 0.5) is 10.8 Å². The number of nitrogens with two attached hydrogens (primary N) is 1. The zero-order chi connectivity index (χ0) is 19.2. The van der Waals surface area contributed by atoms with Crippen LogP contribution in [0.5, 0.6) is 5.75 Å². The van der Waals surface area contributed by atoms with Crippen molar-refractivity contribution in [2.45, 2.75) is 24.7 Å². The van der Waals surface area contributed by atoms with E-state index in [1.54, 1.807) is 24.3 Å². The Bertz CT molecular complexity index is 1150. The normalized spacial score (nSPS) is 14.3. The third-order valence-corrected chi connectivity index (χ3v) is 6.43. The van der Waals surface area contributed by atoms with Crippen LogP contribution >= 0.6 is 11.3 Å². The van der Waals surface area contributed by atoms with Crippen LogP contribution in [0.3, 0.4) is 0 Å². The number of nitrogen functional groups attached to an aromatic ring is 1. The minimum atomic E-state index is -4.06. The summed E-state index contributed by atoms with van der Waals surface area (Å²) in [4.78, 5) is 16.1. The molecule has 0 aliphatic heterocycles. The average molecular weight is 403 g/mol. The fourth-order valence-electron chi connectivity index (χ4n) is 2.63. The van der Waals surface area contributed by atoms with Gasteiger partial charge < -0.3 is 15.2 Å². The molecule has 2 aromatic carbocycles. The number of thiazole rings is 1. The summed E-state index contributed by atoms with van der Waals surface area (Å²) >= 11 is 1.27. The van der Waals surface area contributed by atoms with Crippen molar-refractivity contribution in [2.24, 2.45) is 5.92 Å². The summed E-state index contributed by atoms with van der Waals surface area (Å²) in [5.74, 6) is 0.218. The van der Waals surface area contributed by atoms with Gasteiger partial charge in [0.15, 0.2) is 5.13 Å². The van der Waals surface area contributed by atoms with Crippen molar-refractivity contribution in [1.82, 2.24) is 4.98 Å². The Morgan fingerprint density at radius 2 is 2.04 bits per heavy atom. The molecule has 0 atom stereocenters. The molecule has 0 spiro atoms. The molecule has 1 heterocycles. The molecular formula is C18H17N3O4S2. The zero-order valence-electron chi connectivity index (χ0n) is 14.4. The Labute approximate surface area is 160 Å². The van der Waals surface area contributed by atoms with Gasteiger partial charge in [0.05, 0.1) is 15.9 Å². The first-order valence-electron chi connectivity index (χ1n) is 8.34. The number of hydrogen-bond donors (Lipinski definition) is 2. The van der Waals surface area contributed by atoms with Crippen LogP contribution in [0.25, 0.3) is 10.2 Å². The second kappa shape index (κ2) is 6.50. The largest absolute Gasteiger partial charge is 0.398 e. The van der Waals surface area contributed by atoms with Gasteiger partial charge in [-0.2, -0.15) is 8.42 Å². The van der Waals surface area contributed by atoms with Crippen molar-refractivity contribution in [3.8, 4) is 5.75 Å². The van der Waals surface area contributed by atoms with Gasteiger partial charge in [-0.05, 0) is 49.6 Å². The van der Waals surface area contributed by atoms with E-state index in [4.69, 9.17) is 9.92 Å². The average Bonchev–Trinajstić information content (AvgIpc) is 3.35. The maximum Gasteiger partial charge on any atom is 0.341 e. The number of nitrogens with one attached hydrogen (secondary N) is 1. The Morgan fingerprint density at radius 1 is 1.26 bits per heavy atom. The van der Waals surface area contributed by atoms with E-state index in [-0.39, 0.29) is 28.2 Å². The first kappa shape index (κ1) is 17.7. The highest BCUT2D eigenvalue weighted by Gasteiger charge is 2.30. The molecule has 3 aromatic rings. The summed E-state index contributed by atoms with van der Waals surface area (Å²) in [6, 6.07) is 9.43. The molecule has 7 nitrogen and oxygen atoms in total. The lowest BCUT2D eigenvalue weighted by Crippen LogP contribution is -2.12. The Hall–Kier alpha value is -2.65. The molecule has 1 amide bonds. The first-order chi connectivity index (χ1) is 12.8. The highest BCUT2D eigenvalue weighted by molar-refractivity contribution is 7.87. The number of rotatable bonds is 5. The quantitative estimate of drug-likeness (QED) is 0.499. The number of carbonyl (C=O) groups is 1. The van der Waals surface area contributed by atoms with E-state index in [0.29, 0.717) is 15.3 Å². The van der Waals surface area contributed by atoms with Gasteiger partial charge in [0.25, 0.3) is 0 Å². The molecule has 0 saturated heterocycles. The Morgan fingerprint density at radius 3 is 2.74 bits per heavy atom. The number of hydrogen-bond acceptors (Lipinski definition) is 7. The fraction of sp³-hybridized carbons (Fsp3) is 0.222. The number of aromatic nitrogens is 1. The lowest BCUT2D eigenvalue weighted by Gasteiger charge is -2.09. The summed E-state index contributed by atoms with van der Waals surface area (Å²) in [7, 11) is -4.06. The number of benzene rings is 2. The van der Waals surface area contributed by atoms with Gasteiger partial charge in [-0.15, -0.1) is 0 Å². The van der Waals surface area contributed by atoms with Crippen LogP contribution in [0.2, 0.25) is 0 Å². The molecule has 4 rings (SSSR count). The molecule has 9 heteroatoms. The number of fused-ring (bicyclic) bond motifs is 1. The highest BCUT2D eigenvalue weighted by atomic mass is 32.2. The van der Waals surface area contributed by atoms with Crippen molar-refractivity contribution in [1.29, 1.82) is 0 Å². The molecule has 1 saturated carbocycles. The summed E-state index contributed by atoms with van der Waals surface area (Å²) in [6.45, 7) is 1.82. The van der Waals surface area contributed by atoms with Crippen LogP contribution in [0.15, 0.2) is 41.3 Å². The van der Waals surface area contributed by atoms with Crippen molar-refractivity contribution < 1.29 is 17.4 Å². The molecule has 0 bridgehead atoms. The van der Waals surface area contributed by atoms with Gasteiger partial charge in [-0.1, -0.05) is 17.4 Å². The van der Waals surface area contributed by atoms with E-state index in [0.717, 1.165) is 18.4 Å². The number of anilines is 2. The van der Waals surface area contributed by atoms with Crippen LogP contribution < -0.4 is 15.2 Å². The molecule has 27 heavy (non-hydrogen) atoms. The number of carbonyl (C=O) groups excluding carboxylic acids is 1. The van der Waals surface area contributed by atoms with Crippen LogP contribution in [-0.2, 0) is 14.9 Å². The molecule has 1 fully saturated rings. The third kappa shape index (κ3) is 3.74. The van der Waals surface area contributed by atoms with Crippen molar-refractivity contribution >= 4 is 48.4 Å². The molecule has 1 aliphatic carbocycles. The number of aryl methyl sites for hydroxylation is 1. The fourth-order valence-corrected chi connectivity index (χ4v) is 4.56. The Kier molecular flexibility index (Phi) is 4.27. The Balaban J connectivity index is 1.58. The van der Waals surface area contributed by atoms with E-state index in [2.05, 4.69) is 10.3 Å². The van der Waals surface area contributed by atoms with E-state index < -0.39 is 10.1 Å². The smallest absolute Gasteiger partial charge is 0.341 e. The van der Waals surface area contributed by atoms with Gasteiger partial charge in [0.2, 0.25) is 5.91 Å². The lowest BCUT2D eigenvalue weighted by atomic mass is 10.2. The second-order valence-corrected chi connectivity index (χ2v) is 9.04. The maximum absolute atomic E-state index is 12.5. The summed E-state index contributed by atoms with van der Waals surface area (Å²) < 4.78 is 31.0. The predicted molar refractivity (Wildman–Crippen MR) is 104 cm³/mol. The predicted octanol–water partition coefficient (Wildman–Crippen LogP) is 3.30. The maximum atomic E-state index is 12.5. The third-order valence-electron chi connectivity index (χ3n) is 4.18. The minimum absolute atomic E-state index is 0.0250. The van der Waals surface area contributed by atoms with Crippen LogP contribution in [0, 0.1) is 12.8 Å². The highest BCUT2D eigenvalue weighted by Crippen LogP contribution is 2.34. The van der Waals surface area contributed by atoms with Crippen molar-refractivity contribution in [2.75, 3.05) is 11.1 Å². The van der Waals surface area contributed by atoms with E-state index in [1.165, 1.54) is 23.5 Å². The zero-order valence-corrected chi connectivity index (χ0v) is 16.1. The standard InChI is InChI=1S/C18H17N3O4S2/c1-10-2-7-16(13(19)8-10)27(23,24)25-12-5-6-14-15(9-12)26-18(20-14)21-17(22)11-3-4-11/h2,5-9,11H,3-4,19H2,1H3,(H,20,21,22). The molecular weight excluding hydrogens is 386 g/mol. The van der Waals surface area contributed by atoms with Crippen molar-refractivity contribution in [3.05, 3.63) is 42.0 Å². The lowest BCUT2D eigenvalue weighted by molar-refractivity contribution is -0.117. The van der Waals surface area contributed by atoms with Gasteiger partial charge in [-0.3, -0.25) is 4.79 Å². The van der Waals surface area contributed by atoms with E-state index in [1.807, 2.05) is 6.92 Å². The molecule has 0 radical (unpaired) electrons. The topological polar surface area (TPSA) is 111 Å². The van der Waals surface area contributed by atoms with Gasteiger partial charge in [-0.25, -0.2) is 4.98 Å². The van der Waals surface area contributed by atoms with E-state index in [9.17, 15) is 13.2 Å². The molecule has 140 valence electrons. The molecule has 1 aromatic heterocycles. The number of nitrogens with zero attached hydrogens (tertiary/aromatic N) is 1. The monoisotopic (exact) mass is 403 g/mol. The second-order valence-electron chi connectivity index (χ2n) is 6.49. The van der Waals surface area contributed by atoms with Gasteiger partial charge in [0.1, 0.15) is 10.6 Å². The van der Waals surface area contributed by atoms with Gasteiger partial charge >= 0.3 is 10.1 Å². The van der Waals surface area contributed by atoms with E-state index >= 15 is 0 Å². The van der Waals surface area contributed by atoms with Crippen LogP contribution in [-0.4, -0.2) is 19.3 Å². The first-order valence-corrected chi connectivity index (χ1v) is 10.6. The van der Waals surface area contributed by atoms with Gasteiger partial charge in [0, 0.05) is 12.0 Å². The summed E-state index contributed by atoms with van der Waals surface area (Å²) in [5.41, 5.74) is 7.48. The molecule has 3 N–H and O–H groups in total. The summed E-state index contributed by atoms with van der Waals surface area (Å²) in [5, 5.41) is 3.28. The number of amides is 1. The van der Waals surface area contributed by atoms with Crippen LogP contribution in [0.1, 0.15) is 18.4 Å². The van der Waals surface area contributed by atoms with Crippen molar-refractivity contribution in [3.63, 3.8) is 0 Å². The molecule has 0 unspecified atom stereocenters. The molecule has 1 aliphatic rings. The SMILES string of the molecule is Cc1ccc(S(=O)(=O)Oc2ccc3nc(NC(=O)C4CC4)sc3c2)c(N)c1. The summed E-state index contributed by atoms with van der Waals surface area (Å²) in [6.07, 6.45) is 1.82.